The Balaban J connectivity index is 2.24. The fraction of sp³-hybridized carbons (Fsp3) is 0.133. The molecular formula is C15H15N. The second-order valence-corrected chi connectivity index (χ2v) is 3.95. The van der Waals surface area contributed by atoms with Gasteiger partial charge in [0.15, 0.2) is 0 Å². The highest BCUT2D eigenvalue weighted by atomic mass is 14.7. The lowest BCUT2D eigenvalue weighted by molar-refractivity contribution is 1.16. The molecule has 1 aromatic heterocycles. The first-order valence-corrected chi connectivity index (χ1v) is 5.42. The van der Waals surface area contributed by atoms with Crippen LogP contribution in [-0.4, -0.2) is 4.98 Å². The Morgan fingerprint density at radius 1 is 0.938 bits per heavy atom. The third-order valence-electron chi connectivity index (χ3n) is 2.36. The van der Waals surface area contributed by atoms with Crippen LogP contribution in [0.3, 0.4) is 0 Å². The number of benzene rings is 1. The Morgan fingerprint density at radius 2 is 1.69 bits per heavy atom. The molecule has 0 aliphatic rings. The maximum Gasteiger partial charge on any atom is 0.0635 e. The molecule has 0 aliphatic heterocycles. The summed E-state index contributed by atoms with van der Waals surface area (Å²) < 4.78 is 0. The molecule has 0 fully saturated rings. The second-order valence-electron chi connectivity index (χ2n) is 3.95. The zero-order chi connectivity index (χ0) is 11.4. The number of rotatable bonds is 2. The predicted molar refractivity (Wildman–Crippen MR) is 69.1 cm³/mol. The monoisotopic (exact) mass is 209 g/mol. The molecule has 1 heterocycles. The summed E-state index contributed by atoms with van der Waals surface area (Å²) in [5.74, 6) is 0. The molecule has 1 heteroatoms. The average Bonchev–Trinajstić information content (AvgIpc) is 2.27. The van der Waals surface area contributed by atoms with E-state index < -0.39 is 0 Å². The summed E-state index contributed by atoms with van der Waals surface area (Å²) in [5.41, 5.74) is 4.53. The minimum Gasteiger partial charge on any atom is -0.254 e. The van der Waals surface area contributed by atoms with Crippen molar-refractivity contribution >= 4 is 12.2 Å². The summed E-state index contributed by atoms with van der Waals surface area (Å²) in [6, 6.07) is 14.4. The molecular weight excluding hydrogens is 194 g/mol. The predicted octanol–water partition coefficient (Wildman–Crippen LogP) is 3.87. The third kappa shape index (κ3) is 2.80. The Kier molecular flexibility index (Phi) is 3.16. The fourth-order valence-electron chi connectivity index (χ4n) is 1.70. The summed E-state index contributed by atoms with van der Waals surface area (Å²) >= 11 is 0. The van der Waals surface area contributed by atoms with Crippen molar-refractivity contribution < 1.29 is 0 Å². The second kappa shape index (κ2) is 4.75. The van der Waals surface area contributed by atoms with E-state index in [0.29, 0.717) is 0 Å². The molecule has 16 heavy (non-hydrogen) atoms. The topological polar surface area (TPSA) is 12.9 Å². The maximum atomic E-state index is 4.46. The third-order valence-corrected chi connectivity index (χ3v) is 2.36. The Bertz CT molecular complexity index is 478. The minimum absolute atomic E-state index is 1.02. The van der Waals surface area contributed by atoms with Crippen LogP contribution in [0.15, 0.2) is 42.5 Å². The summed E-state index contributed by atoms with van der Waals surface area (Å²) in [6.07, 6.45) is 4.14. The molecule has 2 aromatic rings. The number of hydrogen-bond donors (Lipinski definition) is 0. The Labute approximate surface area is 96.5 Å². The van der Waals surface area contributed by atoms with Crippen LogP contribution in [0, 0.1) is 13.8 Å². The van der Waals surface area contributed by atoms with Crippen LogP contribution in [0.2, 0.25) is 0 Å². The van der Waals surface area contributed by atoms with Crippen LogP contribution in [0.25, 0.3) is 12.2 Å². The van der Waals surface area contributed by atoms with Crippen LogP contribution >= 0.6 is 0 Å². The molecule has 80 valence electrons. The van der Waals surface area contributed by atoms with Crippen LogP contribution < -0.4 is 0 Å². The molecule has 0 radical (unpaired) electrons. The van der Waals surface area contributed by atoms with Gasteiger partial charge in [0.05, 0.1) is 5.69 Å². The van der Waals surface area contributed by atoms with Crippen molar-refractivity contribution in [1.82, 2.24) is 4.98 Å². The van der Waals surface area contributed by atoms with Crippen molar-refractivity contribution in [3.05, 3.63) is 65.0 Å². The quantitative estimate of drug-likeness (QED) is 0.731. The summed E-state index contributed by atoms with van der Waals surface area (Å²) in [5, 5.41) is 0. The molecule has 0 saturated carbocycles. The zero-order valence-corrected chi connectivity index (χ0v) is 9.64. The van der Waals surface area contributed by atoms with E-state index in [2.05, 4.69) is 48.3 Å². The van der Waals surface area contributed by atoms with Crippen molar-refractivity contribution in [2.45, 2.75) is 13.8 Å². The number of pyridine rings is 1. The maximum absolute atomic E-state index is 4.46. The molecule has 2 rings (SSSR count). The molecule has 0 atom stereocenters. The van der Waals surface area contributed by atoms with Gasteiger partial charge in [-0.25, -0.2) is 0 Å². The molecule has 0 unspecified atom stereocenters. The van der Waals surface area contributed by atoms with Crippen molar-refractivity contribution in [2.24, 2.45) is 0 Å². The van der Waals surface area contributed by atoms with E-state index in [0.717, 1.165) is 11.4 Å². The van der Waals surface area contributed by atoms with Crippen molar-refractivity contribution in [1.29, 1.82) is 0 Å². The van der Waals surface area contributed by atoms with Crippen LogP contribution in [0.5, 0.6) is 0 Å². The van der Waals surface area contributed by atoms with E-state index in [4.69, 9.17) is 0 Å². The van der Waals surface area contributed by atoms with Gasteiger partial charge in [0, 0.05) is 5.69 Å². The van der Waals surface area contributed by atoms with E-state index in [-0.39, 0.29) is 0 Å². The van der Waals surface area contributed by atoms with Gasteiger partial charge < -0.3 is 0 Å². The van der Waals surface area contributed by atoms with E-state index in [1.54, 1.807) is 0 Å². The Morgan fingerprint density at radius 3 is 2.38 bits per heavy atom. The molecule has 0 N–H and O–H groups in total. The molecule has 0 spiro atoms. The number of aryl methyl sites for hydroxylation is 2. The smallest absolute Gasteiger partial charge is 0.0635 e. The lowest BCUT2D eigenvalue weighted by Gasteiger charge is -1.99. The van der Waals surface area contributed by atoms with E-state index in [9.17, 15) is 0 Å². The van der Waals surface area contributed by atoms with Crippen LogP contribution in [0.4, 0.5) is 0 Å². The summed E-state index contributed by atoms with van der Waals surface area (Å²) in [6.45, 7) is 4.11. The highest BCUT2D eigenvalue weighted by Gasteiger charge is 1.93. The first kappa shape index (κ1) is 10.6. The minimum atomic E-state index is 1.02. The van der Waals surface area contributed by atoms with Gasteiger partial charge in [-0.15, -0.1) is 0 Å². The highest BCUT2D eigenvalue weighted by Crippen LogP contribution is 2.09. The van der Waals surface area contributed by atoms with Gasteiger partial charge in [0.1, 0.15) is 0 Å². The van der Waals surface area contributed by atoms with E-state index in [1.807, 2.05) is 25.1 Å². The van der Waals surface area contributed by atoms with E-state index in [1.165, 1.54) is 11.1 Å². The number of nitrogens with zero attached hydrogens (tertiary/aromatic N) is 1. The number of aromatic nitrogens is 1. The summed E-state index contributed by atoms with van der Waals surface area (Å²) in [4.78, 5) is 4.46. The Hall–Kier alpha value is -1.89. The van der Waals surface area contributed by atoms with Crippen LogP contribution in [-0.2, 0) is 0 Å². The lowest BCUT2D eigenvalue weighted by Crippen LogP contribution is -1.86. The van der Waals surface area contributed by atoms with Gasteiger partial charge in [-0.05, 0) is 43.2 Å². The van der Waals surface area contributed by atoms with Crippen molar-refractivity contribution in [2.75, 3.05) is 0 Å². The normalized spacial score (nSPS) is 10.9. The molecule has 0 amide bonds. The molecule has 0 bridgehead atoms. The van der Waals surface area contributed by atoms with Crippen molar-refractivity contribution in [3.63, 3.8) is 0 Å². The van der Waals surface area contributed by atoms with Gasteiger partial charge in [-0.2, -0.15) is 0 Å². The van der Waals surface area contributed by atoms with Gasteiger partial charge in [-0.3, -0.25) is 4.98 Å². The molecule has 1 nitrogen and oxygen atoms in total. The molecule has 0 saturated heterocycles. The molecule has 0 aliphatic carbocycles. The van der Waals surface area contributed by atoms with Crippen molar-refractivity contribution in [3.8, 4) is 0 Å². The van der Waals surface area contributed by atoms with Gasteiger partial charge in [0.2, 0.25) is 0 Å². The van der Waals surface area contributed by atoms with Crippen LogP contribution in [0.1, 0.15) is 22.5 Å². The van der Waals surface area contributed by atoms with Gasteiger partial charge in [0.25, 0.3) is 0 Å². The number of hydrogen-bond acceptors (Lipinski definition) is 1. The summed E-state index contributed by atoms with van der Waals surface area (Å²) in [7, 11) is 0. The van der Waals surface area contributed by atoms with Gasteiger partial charge in [-0.1, -0.05) is 36.4 Å². The highest BCUT2D eigenvalue weighted by molar-refractivity contribution is 5.68. The van der Waals surface area contributed by atoms with E-state index >= 15 is 0 Å². The molecule has 1 aromatic carbocycles. The lowest BCUT2D eigenvalue weighted by atomic mass is 10.1. The zero-order valence-electron chi connectivity index (χ0n) is 9.64. The standard InChI is InChI=1S/C15H15N/c1-12-10-13(2)16-15(11-12)9-8-14-6-4-3-5-7-14/h3-11H,1-2H3/b9-8-. The average molecular weight is 209 g/mol. The fourth-order valence-corrected chi connectivity index (χ4v) is 1.70. The largest absolute Gasteiger partial charge is 0.254 e. The first-order chi connectivity index (χ1) is 7.74. The van der Waals surface area contributed by atoms with Gasteiger partial charge >= 0.3 is 0 Å². The first-order valence-electron chi connectivity index (χ1n) is 5.42. The SMILES string of the molecule is Cc1cc(C)nc(/C=C\c2ccccc2)c1.